The number of aromatic nitrogens is 4. The second-order valence-corrected chi connectivity index (χ2v) is 5.67. The lowest BCUT2D eigenvalue weighted by molar-refractivity contribution is 0.101. The molecule has 3 rings (SSSR count). The molecular formula is C18H20N6O2. The molecule has 0 aliphatic carbocycles. The van der Waals surface area contributed by atoms with Crippen LogP contribution in [0.5, 0.6) is 5.75 Å². The van der Waals surface area contributed by atoms with Crippen LogP contribution < -0.4 is 15.4 Å². The van der Waals surface area contributed by atoms with E-state index in [0.29, 0.717) is 34.3 Å². The lowest BCUT2D eigenvalue weighted by Gasteiger charge is -2.16. The van der Waals surface area contributed by atoms with Gasteiger partial charge in [0.25, 0.3) is 0 Å². The SMILES string of the molecule is CNc1cc(Nc2cccc(-c3ncn(C)n3)c2OC)c(C(C)=O)cn1. The summed E-state index contributed by atoms with van der Waals surface area (Å²) in [6.07, 6.45) is 3.18. The minimum absolute atomic E-state index is 0.0795. The lowest BCUT2D eigenvalue weighted by Crippen LogP contribution is -2.05. The summed E-state index contributed by atoms with van der Waals surface area (Å²) in [7, 11) is 5.17. The summed E-state index contributed by atoms with van der Waals surface area (Å²) >= 11 is 0. The van der Waals surface area contributed by atoms with E-state index >= 15 is 0 Å². The molecule has 0 unspecified atom stereocenters. The standard InChI is InChI=1S/C18H20N6O2/c1-11(25)13-9-20-16(19-2)8-15(13)22-14-7-5-6-12(17(14)26-4)18-21-10-24(3)23-18/h5-10H,1-4H3,(H2,19,20,22). The minimum Gasteiger partial charge on any atom is -0.494 e. The number of hydrogen-bond donors (Lipinski definition) is 2. The van der Waals surface area contributed by atoms with E-state index in [-0.39, 0.29) is 5.78 Å². The topological polar surface area (TPSA) is 94.0 Å². The van der Waals surface area contributed by atoms with Crippen LogP contribution in [0.25, 0.3) is 11.4 Å². The Morgan fingerprint density at radius 2 is 2.04 bits per heavy atom. The fourth-order valence-electron chi connectivity index (χ4n) is 2.62. The van der Waals surface area contributed by atoms with Gasteiger partial charge in [-0.3, -0.25) is 9.48 Å². The van der Waals surface area contributed by atoms with E-state index in [1.54, 1.807) is 44.5 Å². The number of hydrogen-bond acceptors (Lipinski definition) is 7. The van der Waals surface area contributed by atoms with Gasteiger partial charge in [0.15, 0.2) is 17.4 Å². The van der Waals surface area contributed by atoms with Crippen molar-refractivity contribution in [2.24, 2.45) is 7.05 Å². The minimum atomic E-state index is -0.0795. The zero-order valence-electron chi connectivity index (χ0n) is 15.1. The fourth-order valence-corrected chi connectivity index (χ4v) is 2.62. The summed E-state index contributed by atoms with van der Waals surface area (Å²) in [5.74, 6) is 1.73. The van der Waals surface area contributed by atoms with Gasteiger partial charge < -0.3 is 15.4 Å². The molecule has 0 radical (unpaired) electrons. The lowest BCUT2D eigenvalue weighted by atomic mass is 10.1. The number of para-hydroxylation sites is 1. The van der Waals surface area contributed by atoms with Crippen molar-refractivity contribution in [3.63, 3.8) is 0 Å². The predicted octanol–water partition coefficient (Wildman–Crippen LogP) is 2.87. The molecule has 0 bridgehead atoms. The van der Waals surface area contributed by atoms with E-state index in [1.165, 1.54) is 6.92 Å². The quantitative estimate of drug-likeness (QED) is 0.659. The second-order valence-electron chi connectivity index (χ2n) is 5.67. The van der Waals surface area contributed by atoms with Gasteiger partial charge in [0, 0.05) is 26.4 Å². The third-order valence-electron chi connectivity index (χ3n) is 3.87. The number of Topliss-reactive ketones (excluding diaryl/α,β-unsaturated/α-hetero) is 1. The number of ether oxygens (including phenoxy) is 1. The van der Waals surface area contributed by atoms with Gasteiger partial charge in [-0.15, -0.1) is 0 Å². The van der Waals surface area contributed by atoms with Gasteiger partial charge in [-0.25, -0.2) is 9.97 Å². The van der Waals surface area contributed by atoms with E-state index in [9.17, 15) is 4.79 Å². The largest absolute Gasteiger partial charge is 0.494 e. The number of ketones is 1. The number of rotatable bonds is 6. The van der Waals surface area contributed by atoms with Crippen LogP contribution in [0.2, 0.25) is 0 Å². The molecule has 0 atom stereocenters. The molecule has 0 amide bonds. The molecule has 0 saturated heterocycles. The molecule has 0 aliphatic rings. The van der Waals surface area contributed by atoms with Gasteiger partial charge in [-0.05, 0) is 19.1 Å². The summed E-state index contributed by atoms with van der Waals surface area (Å²) in [5.41, 5.74) is 2.59. The number of methoxy groups -OCH3 is 1. The Kier molecular flexibility index (Phi) is 4.83. The summed E-state index contributed by atoms with van der Waals surface area (Å²) < 4.78 is 7.23. The van der Waals surface area contributed by atoms with Crippen molar-refractivity contribution in [1.29, 1.82) is 0 Å². The molecule has 8 heteroatoms. The van der Waals surface area contributed by atoms with Crippen molar-refractivity contribution >= 4 is 23.0 Å². The molecule has 26 heavy (non-hydrogen) atoms. The van der Waals surface area contributed by atoms with Gasteiger partial charge in [0.05, 0.1) is 29.6 Å². The maximum Gasteiger partial charge on any atom is 0.184 e. The van der Waals surface area contributed by atoms with Crippen LogP contribution in [0.1, 0.15) is 17.3 Å². The highest BCUT2D eigenvalue weighted by molar-refractivity contribution is 6.00. The molecule has 1 aromatic carbocycles. The summed E-state index contributed by atoms with van der Waals surface area (Å²) in [6, 6.07) is 7.41. The molecule has 3 aromatic rings. The molecule has 0 aliphatic heterocycles. The maximum absolute atomic E-state index is 11.9. The van der Waals surface area contributed by atoms with Crippen LogP contribution in [-0.2, 0) is 7.05 Å². The normalized spacial score (nSPS) is 10.5. The molecule has 0 saturated carbocycles. The van der Waals surface area contributed by atoms with Gasteiger partial charge in [-0.1, -0.05) is 6.07 Å². The maximum atomic E-state index is 11.9. The van der Waals surface area contributed by atoms with Crippen molar-refractivity contribution in [3.8, 4) is 17.1 Å². The number of aryl methyl sites for hydroxylation is 1. The van der Waals surface area contributed by atoms with E-state index in [2.05, 4.69) is 25.7 Å². The Hall–Kier alpha value is -3.42. The summed E-state index contributed by atoms with van der Waals surface area (Å²) in [4.78, 5) is 20.4. The van der Waals surface area contributed by atoms with E-state index in [0.717, 1.165) is 5.56 Å². The number of nitrogens with one attached hydrogen (secondary N) is 2. The average Bonchev–Trinajstić information content (AvgIpc) is 3.07. The highest BCUT2D eigenvalue weighted by Gasteiger charge is 2.16. The Morgan fingerprint density at radius 3 is 2.65 bits per heavy atom. The molecule has 0 spiro atoms. The number of pyridine rings is 1. The van der Waals surface area contributed by atoms with E-state index < -0.39 is 0 Å². The number of benzene rings is 1. The first kappa shape index (κ1) is 17.4. The van der Waals surface area contributed by atoms with Crippen LogP contribution in [0.4, 0.5) is 17.2 Å². The van der Waals surface area contributed by atoms with Crippen molar-refractivity contribution in [1.82, 2.24) is 19.7 Å². The molecule has 134 valence electrons. The zero-order chi connectivity index (χ0) is 18.7. The number of anilines is 3. The summed E-state index contributed by atoms with van der Waals surface area (Å²) in [6.45, 7) is 1.51. The monoisotopic (exact) mass is 352 g/mol. The zero-order valence-corrected chi connectivity index (χ0v) is 15.1. The molecule has 8 nitrogen and oxygen atoms in total. The van der Waals surface area contributed by atoms with Crippen molar-refractivity contribution < 1.29 is 9.53 Å². The van der Waals surface area contributed by atoms with Gasteiger partial charge in [0.1, 0.15) is 12.1 Å². The van der Waals surface area contributed by atoms with Gasteiger partial charge in [0.2, 0.25) is 0 Å². The number of nitrogens with zero attached hydrogens (tertiary/aromatic N) is 4. The highest BCUT2D eigenvalue weighted by atomic mass is 16.5. The van der Waals surface area contributed by atoms with Crippen LogP contribution in [-0.4, -0.2) is 39.7 Å². The third kappa shape index (κ3) is 3.34. The molecule has 2 aromatic heterocycles. The van der Waals surface area contributed by atoms with E-state index in [1.807, 2.05) is 18.2 Å². The molecule has 0 fully saturated rings. The van der Waals surface area contributed by atoms with Crippen molar-refractivity contribution in [3.05, 3.63) is 42.4 Å². The Bertz CT molecular complexity index is 951. The Balaban J connectivity index is 2.07. The molecular weight excluding hydrogens is 332 g/mol. The Labute approximate surface area is 151 Å². The van der Waals surface area contributed by atoms with Crippen LogP contribution in [0.15, 0.2) is 36.8 Å². The van der Waals surface area contributed by atoms with Crippen LogP contribution >= 0.6 is 0 Å². The van der Waals surface area contributed by atoms with Crippen molar-refractivity contribution in [2.75, 3.05) is 24.8 Å². The third-order valence-corrected chi connectivity index (χ3v) is 3.87. The number of carbonyl (C=O) groups excluding carboxylic acids is 1. The molecule has 2 N–H and O–H groups in total. The van der Waals surface area contributed by atoms with Crippen molar-refractivity contribution in [2.45, 2.75) is 6.92 Å². The number of carbonyl (C=O) groups is 1. The van der Waals surface area contributed by atoms with Crippen LogP contribution in [0.3, 0.4) is 0 Å². The smallest absolute Gasteiger partial charge is 0.184 e. The first-order valence-electron chi connectivity index (χ1n) is 8.02. The fraction of sp³-hybridized carbons (Fsp3) is 0.222. The van der Waals surface area contributed by atoms with E-state index in [4.69, 9.17) is 4.74 Å². The first-order valence-corrected chi connectivity index (χ1v) is 8.02. The predicted molar refractivity (Wildman–Crippen MR) is 100 cm³/mol. The Morgan fingerprint density at radius 1 is 1.23 bits per heavy atom. The summed E-state index contributed by atoms with van der Waals surface area (Å²) in [5, 5.41) is 10.6. The van der Waals surface area contributed by atoms with Gasteiger partial charge >= 0.3 is 0 Å². The first-order chi connectivity index (χ1) is 12.5. The average molecular weight is 352 g/mol. The van der Waals surface area contributed by atoms with Crippen LogP contribution in [0, 0.1) is 0 Å². The second kappa shape index (κ2) is 7.22. The highest BCUT2D eigenvalue weighted by Crippen LogP contribution is 2.37. The molecule has 2 heterocycles. The van der Waals surface area contributed by atoms with Gasteiger partial charge in [-0.2, -0.15) is 5.10 Å².